The third-order valence-electron chi connectivity index (χ3n) is 14.8. The van der Waals surface area contributed by atoms with E-state index in [4.69, 9.17) is 0 Å². The van der Waals surface area contributed by atoms with Crippen LogP contribution >= 0.6 is 0 Å². The molecule has 0 heterocycles. The van der Waals surface area contributed by atoms with E-state index in [0.717, 1.165) is 18.5 Å². The summed E-state index contributed by atoms with van der Waals surface area (Å²) in [5.74, 6) is 0. The highest BCUT2D eigenvalue weighted by Gasteiger charge is 2.41. The molecule has 0 bridgehead atoms. The maximum atomic E-state index is 2.54. The van der Waals surface area contributed by atoms with Crippen LogP contribution in [-0.4, -0.2) is 0 Å². The Morgan fingerprint density at radius 3 is 1.62 bits per heavy atom. The molecule has 0 amide bonds. The molecule has 0 fully saturated rings. The van der Waals surface area contributed by atoms with Crippen molar-refractivity contribution in [2.24, 2.45) is 0 Å². The molecule has 0 saturated heterocycles. The molecule has 60 heavy (non-hydrogen) atoms. The highest BCUT2D eigenvalue weighted by atomic mass is 15.1. The number of fused-ring (bicyclic) bond motifs is 9. The van der Waals surface area contributed by atoms with E-state index in [0.29, 0.717) is 0 Å². The summed E-state index contributed by atoms with van der Waals surface area (Å²) >= 11 is 0. The van der Waals surface area contributed by atoms with Crippen LogP contribution in [0.2, 0.25) is 0 Å². The summed E-state index contributed by atoms with van der Waals surface area (Å²) in [6, 6.07) is 66.7. The van der Waals surface area contributed by atoms with Gasteiger partial charge in [0.1, 0.15) is 0 Å². The van der Waals surface area contributed by atoms with Gasteiger partial charge in [0.2, 0.25) is 0 Å². The fourth-order valence-corrected chi connectivity index (χ4v) is 11.6. The number of benzene rings is 8. The number of nitrogens with zero attached hydrogens (tertiary/aromatic N) is 1. The zero-order valence-electron chi connectivity index (χ0n) is 35.6. The normalized spacial score (nSPS) is 15.4. The van der Waals surface area contributed by atoms with Crippen LogP contribution in [0.4, 0.5) is 17.1 Å². The van der Waals surface area contributed by atoms with Gasteiger partial charge in [-0.3, -0.25) is 0 Å². The van der Waals surface area contributed by atoms with E-state index in [-0.39, 0.29) is 16.2 Å². The zero-order valence-corrected chi connectivity index (χ0v) is 35.6. The second kappa shape index (κ2) is 13.3. The number of anilines is 3. The second-order valence-electron chi connectivity index (χ2n) is 18.3. The second-order valence-corrected chi connectivity index (χ2v) is 18.3. The summed E-state index contributed by atoms with van der Waals surface area (Å²) in [7, 11) is 0. The van der Waals surface area contributed by atoms with Crippen molar-refractivity contribution < 1.29 is 0 Å². The summed E-state index contributed by atoms with van der Waals surface area (Å²) in [4.78, 5) is 2.54. The number of hydrogen-bond donors (Lipinski definition) is 0. The average molecular weight is 774 g/mol. The van der Waals surface area contributed by atoms with E-state index in [9.17, 15) is 0 Å². The van der Waals surface area contributed by atoms with Crippen LogP contribution in [0.1, 0.15) is 87.8 Å². The molecule has 1 heteroatoms. The molecule has 0 unspecified atom stereocenters. The largest absolute Gasteiger partial charge is 0.310 e. The summed E-state index contributed by atoms with van der Waals surface area (Å²) in [5, 5.41) is 0. The lowest BCUT2D eigenvalue weighted by Gasteiger charge is -2.32. The van der Waals surface area contributed by atoms with E-state index in [1.54, 1.807) is 0 Å². The third kappa shape index (κ3) is 5.05. The molecule has 0 aromatic heterocycles. The van der Waals surface area contributed by atoms with E-state index >= 15 is 0 Å². The molecule has 0 radical (unpaired) electrons. The van der Waals surface area contributed by atoms with Crippen LogP contribution in [-0.2, 0) is 16.2 Å². The Balaban J connectivity index is 1.13. The molecule has 0 N–H and O–H groups in total. The fourth-order valence-electron chi connectivity index (χ4n) is 11.6. The molecular formula is C59H51N. The Kier molecular flexibility index (Phi) is 8.11. The van der Waals surface area contributed by atoms with Crippen LogP contribution in [0.3, 0.4) is 0 Å². The molecule has 3 aliphatic carbocycles. The minimum Gasteiger partial charge on any atom is -0.310 e. The Bertz CT molecular complexity index is 3030. The summed E-state index contributed by atoms with van der Waals surface area (Å²) in [5.41, 5.74) is 24.8. The van der Waals surface area contributed by atoms with Crippen LogP contribution in [0.15, 0.2) is 176 Å². The standard InChI is InChI=1S/C59H51N/c1-7-59(8-2)52-28-15-10-21-42(52)44-33-32-41(37-54(44)59)60(40-20-17-19-38(35-40)39-31-34-51-48(36-39)43-22-9-13-26-49(43)57(51,3)4)55-30-16-12-23-45(55)46-25-18-29-53-56(46)47-24-11-14-27-50(47)58(53,5)6/h9-37H,7-8H2,1-6H3. The smallest absolute Gasteiger partial charge is 0.0540 e. The molecule has 8 aromatic carbocycles. The van der Waals surface area contributed by atoms with Gasteiger partial charge in [-0.25, -0.2) is 0 Å². The first-order valence-corrected chi connectivity index (χ1v) is 21.9. The summed E-state index contributed by atoms with van der Waals surface area (Å²) < 4.78 is 0. The van der Waals surface area contributed by atoms with Crippen LogP contribution < -0.4 is 4.90 Å². The van der Waals surface area contributed by atoms with Gasteiger partial charge in [-0.2, -0.15) is 0 Å². The van der Waals surface area contributed by atoms with Crippen molar-refractivity contribution in [3.05, 3.63) is 209 Å². The van der Waals surface area contributed by atoms with Crippen molar-refractivity contribution in [2.45, 2.75) is 70.6 Å². The van der Waals surface area contributed by atoms with Gasteiger partial charge in [0.15, 0.2) is 0 Å². The van der Waals surface area contributed by atoms with Gasteiger partial charge in [0.25, 0.3) is 0 Å². The molecule has 0 spiro atoms. The third-order valence-corrected chi connectivity index (χ3v) is 14.8. The Hall–Kier alpha value is -6.44. The van der Waals surface area contributed by atoms with Crippen molar-refractivity contribution in [2.75, 3.05) is 4.90 Å². The molecule has 0 aliphatic heterocycles. The Morgan fingerprint density at radius 1 is 0.350 bits per heavy atom. The highest BCUT2D eigenvalue weighted by Crippen LogP contribution is 2.57. The van der Waals surface area contributed by atoms with E-state index in [2.05, 4.69) is 222 Å². The lowest BCUT2D eigenvalue weighted by atomic mass is 9.74. The first-order valence-electron chi connectivity index (χ1n) is 21.9. The van der Waals surface area contributed by atoms with Gasteiger partial charge in [-0.05, 0) is 133 Å². The van der Waals surface area contributed by atoms with Gasteiger partial charge in [-0.15, -0.1) is 0 Å². The first-order chi connectivity index (χ1) is 29.2. The van der Waals surface area contributed by atoms with Gasteiger partial charge in [0.05, 0.1) is 5.69 Å². The zero-order chi connectivity index (χ0) is 41.0. The predicted molar refractivity (Wildman–Crippen MR) is 254 cm³/mol. The molecular weight excluding hydrogens is 723 g/mol. The van der Waals surface area contributed by atoms with E-state index < -0.39 is 0 Å². The van der Waals surface area contributed by atoms with Crippen molar-refractivity contribution in [3.63, 3.8) is 0 Å². The monoisotopic (exact) mass is 773 g/mol. The molecule has 11 rings (SSSR count). The summed E-state index contributed by atoms with van der Waals surface area (Å²) in [6.07, 6.45) is 2.10. The maximum Gasteiger partial charge on any atom is 0.0540 e. The van der Waals surface area contributed by atoms with Gasteiger partial charge in [0, 0.05) is 33.2 Å². The number of para-hydroxylation sites is 1. The first kappa shape index (κ1) is 36.6. The molecule has 1 nitrogen and oxygen atoms in total. The van der Waals surface area contributed by atoms with Gasteiger partial charge >= 0.3 is 0 Å². The Morgan fingerprint density at radius 2 is 0.867 bits per heavy atom. The molecule has 8 aromatic rings. The van der Waals surface area contributed by atoms with E-state index in [1.165, 1.54) is 100 Å². The molecule has 0 saturated carbocycles. The highest BCUT2D eigenvalue weighted by molar-refractivity contribution is 5.99. The van der Waals surface area contributed by atoms with Crippen molar-refractivity contribution in [1.29, 1.82) is 0 Å². The van der Waals surface area contributed by atoms with Crippen LogP contribution in [0, 0.1) is 0 Å². The lowest BCUT2D eigenvalue weighted by molar-refractivity contribution is 0.490. The topological polar surface area (TPSA) is 3.24 Å². The maximum absolute atomic E-state index is 2.54. The minimum atomic E-state index is -0.0882. The molecule has 3 aliphatic rings. The van der Waals surface area contributed by atoms with E-state index in [1.807, 2.05) is 0 Å². The minimum absolute atomic E-state index is 0.0282. The fraction of sp³-hybridized carbons (Fsp3) is 0.186. The molecule has 0 atom stereocenters. The SMILES string of the molecule is CCC1(CC)c2ccccc2-c2ccc(N(c3cccc(-c4ccc5c(c4)-c4ccccc4C5(C)C)c3)c3ccccc3-c3cccc4c3-c3ccccc3C4(C)C)cc21. The molecule has 292 valence electrons. The van der Waals surface area contributed by atoms with Crippen molar-refractivity contribution in [1.82, 2.24) is 0 Å². The van der Waals surface area contributed by atoms with Crippen molar-refractivity contribution >= 4 is 17.1 Å². The van der Waals surface area contributed by atoms with Gasteiger partial charge < -0.3 is 4.90 Å². The lowest BCUT2D eigenvalue weighted by Crippen LogP contribution is -2.23. The average Bonchev–Trinajstić information content (AvgIpc) is 3.81. The predicted octanol–water partition coefficient (Wildman–Crippen LogP) is 16.2. The summed E-state index contributed by atoms with van der Waals surface area (Å²) in [6.45, 7) is 14.2. The Labute approximate surface area is 356 Å². The number of rotatable bonds is 7. The van der Waals surface area contributed by atoms with Crippen molar-refractivity contribution in [3.8, 4) is 55.6 Å². The quantitative estimate of drug-likeness (QED) is 0.156. The van der Waals surface area contributed by atoms with Gasteiger partial charge in [-0.1, -0.05) is 181 Å². The van der Waals surface area contributed by atoms with Crippen LogP contribution in [0.5, 0.6) is 0 Å². The van der Waals surface area contributed by atoms with Crippen LogP contribution in [0.25, 0.3) is 55.6 Å². The number of hydrogen-bond acceptors (Lipinski definition) is 1.